The molecule has 140 valence electrons. The Labute approximate surface area is 166 Å². The lowest BCUT2D eigenvalue weighted by Gasteiger charge is -2.19. The second-order valence-corrected chi connectivity index (χ2v) is 7.75. The molecule has 0 N–H and O–H groups in total. The number of hydrogen-bond donors (Lipinski definition) is 0. The molecule has 0 aliphatic carbocycles. The van der Waals surface area contributed by atoms with Crippen LogP contribution in [0.4, 0.5) is 0 Å². The van der Waals surface area contributed by atoms with Crippen molar-refractivity contribution in [3.8, 4) is 0 Å². The van der Waals surface area contributed by atoms with E-state index in [9.17, 15) is 9.59 Å². The molecule has 0 saturated carbocycles. The zero-order valence-electron chi connectivity index (χ0n) is 15.7. The minimum Gasteiger partial charge on any atom is -0.341 e. The van der Waals surface area contributed by atoms with Gasteiger partial charge in [0.2, 0.25) is 5.91 Å². The van der Waals surface area contributed by atoms with E-state index in [1.807, 2.05) is 6.07 Å². The van der Waals surface area contributed by atoms with Crippen LogP contribution in [0.2, 0.25) is 0 Å². The number of aromatic nitrogens is 2. The average molecular weight is 428 g/mol. The number of fused-ring (bicyclic) bond motifs is 1. The van der Waals surface area contributed by atoms with Crippen molar-refractivity contribution in [2.24, 2.45) is 0 Å². The minimum absolute atomic E-state index is 0.00351. The van der Waals surface area contributed by atoms with Crippen LogP contribution in [-0.4, -0.2) is 27.4 Å². The van der Waals surface area contributed by atoms with Gasteiger partial charge < -0.3 is 4.90 Å². The zero-order chi connectivity index (χ0) is 19.6. The fourth-order valence-corrected chi connectivity index (χ4v) is 3.43. The molecule has 3 rings (SSSR count). The van der Waals surface area contributed by atoms with Crippen LogP contribution in [0.25, 0.3) is 10.9 Å². The summed E-state index contributed by atoms with van der Waals surface area (Å²) < 4.78 is 2.33. The first-order valence-electron chi connectivity index (χ1n) is 8.80. The Balaban J connectivity index is 1.69. The lowest BCUT2D eigenvalue weighted by molar-refractivity contribution is -0.130. The van der Waals surface area contributed by atoms with Crippen molar-refractivity contribution in [3.05, 3.63) is 74.2 Å². The largest absolute Gasteiger partial charge is 0.341 e. The molecule has 1 heterocycles. The Kier molecular flexibility index (Phi) is 5.75. The van der Waals surface area contributed by atoms with Crippen molar-refractivity contribution in [1.29, 1.82) is 0 Å². The van der Waals surface area contributed by atoms with Gasteiger partial charge in [0, 0.05) is 31.0 Å². The molecule has 0 fully saturated rings. The lowest BCUT2D eigenvalue weighted by Crippen LogP contribution is -2.29. The topological polar surface area (TPSA) is 55.2 Å². The SMILES string of the molecule is Cc1ccc(CN(C)C(=O)CCn2cnc3ccc(Br)cc3c2=O)c(C)c1. The summed E-state index contributed by atoms with van der Waals surface area (Å²) in [6, 6.07) is 11.6. The maximum atomic E-state index is 12.6. The zero-order valence-corrected chi connectivity index (χ0v) is 17.3. The second-order valence-electron chi connectivity index (χ2n) is 6.83. The van der Waals surface area contributed by atoms with Crippen molar-refractivity contribution in [2.75, 3.05) is 7.05 Å². The Morgan fingerprint density at radius 2 is 1.96 bits per heavy atom. The predicted octanol–water partition coefficient (Wildman–Crippen LogP) is 3.82. The third-order valence-corrected chi connectivity index (χ3v) is 5.18. The van der Waals surface area contributed by atoms with E-state index in [0.717, 1.165) is 10.0 Å². The standard InChI is InChI=1S/C21H22BrN3O2/c1-14-4-5-16(15(2)10-14)12-24(3)20(26)8-9-25-13-23-19-7-6-17(22)11-18(19)21(25)27/h4-7,10-11,13H,8-9,12H2,1-3H3. The molecule has 0 bridgehead atoms. The number of amides is 1. The fraction of sp³-hybridized carbons (Fsp3) is 0.286. The molecule has 5 nitrogen and oxygen atoms in total. The molecule has 6 heteroatoms. The number of halogens is 1. The molecule has 27 heavy (non-hydrogen) atoms. The van der Waals surface area contributed by atoms with Crippen LogP contribution in [0.3, 0.4) is 0 Å². The molecule has 0 aliphatic rings. The van der Waals surface area contributed by atoms with Crippen molar-refractivity contribution in [3.63, 3.8) is 0 Å². The van der Waals surface area contributed by atoms with Crippen LogP contribution >= 0.6 is 15.9 Å². The summed E-state index contributed by atoms with van der Waals surface area (Å²) in [6.07, 6.45) is 1.76. The predicted molar refractivity (Wildman–Crippen MR) is 111 cm³/mol. The van der Waals surface area contributed by atoms with Crippen LogP contribution in [0.1, 0.15) is 23.1 Å². The molecule has 0 atom stereocenters. The number of aryl methyl sites for hydroxylation is 3. The van der Waals surface area contributed by atoms with Gasteiger partial charge in [0.15, 0.2) is 0 Å². The molecule has 0 saturated heterocycles. The highest BCUT2D eigenvalue weighted by Gasteiger charge is 2.12. The smallest absolute Gasteiger partial charge is 0.261 e. The van der Waals surface area contributed by atoms with Crippen molar-refractivity contribution < 1.29 is 4.79 Å². The van der Waals surface area contributed by atoms with E-state index in [2.05, 4.69) is 53.0 Å². The van der Waals surface area contributed by atoms with Crippen molar-refractivity contribution >= 4 is 32.7 Å². The Morgan fingerprint density at radius 3 is 2.70 bits per heavy atom. The monoisotopic (exact) mass is 427 g/mol. The van der Waals surface area contributed by atoms with Gasteiger partial charge in [-0.1, -0.05) is 39.7 Å². The van der Waals surface area contributed by atoms with Gasteiger partial charge in [0.05, 0.1) is 17.2 Å². The highest BCUT2D eigenvalue weighted by Crippen LogP contribution is 2.15. The van der Waals surface area contributed by atoms with Crippen LogP contribution in [-0.2, 0) is 17.9 Å². The van der Waals surface area contributed by atoms with Gasteiger partial charge in [-0.15, -0.1) is 0 Å². The maximum Gasteiger partial charge on any atom is 0.261 e. The lowest BCUT2D eigenvalue weighted by atomic mass is 10.1. The molecular weight excluding hydrogens is 406 g/mol. The van der Waals surface area contributed by atoms with Gasteiger partial charge in [0.25, 0.3) is 5.56 Å². The number of benzene rings is 2. The molecule has 0 radical (unpaired) electrons. The Hall–Kier alpha value is -2.47. The van der Waals surface area contributed by atoms with Gasteiger partial charge >= 0.3 is 0 Å². The second kappa shape index (κ2) is 8.05. The van der Waals surface area contributed by atoms with E-state index in [4.69, 9.17) is 0 Å². The van der Waals surface area contributed by atoms with Gasteiger partial charge in [-0.2, -0.15) is 0 Å². The third-order valence-electron chi connectivity index (χ3n) is 4.68. The van der Waals surface area contributed by atoms with E-state index in [-0.39, 0.29) is 17.9 Å². The molecule has 1 amide bonds. The summed E-state index contributed by atoms with van der Waals surface area (Å²) >= 11 is 3.38. The van der Waals surface area contributed by atoms with Crippen molar-refractivity contribution in [1.82, 2.24) is 14.5 Å². The van der Waals surface area contributed by atoms with Gasteiger partial charge in [-0.25, -0.2) is 4.98 Å². The first-order chi connectivity index (χ1) is 12.8. The highest BCUT2D eigenvalue weighted by atomic mass is 79.9. The summed E-state index contributed by atoms with van der Waals surface area (Å²) in [4.78, 5) is 31.1. The van der Waals surface area contributed by atoms with Crippen LogP contribution < -0.4 is 5.56 Å². The molecular formula is C21H22BrN3O2. The van der Waals surface area contributed by atoms with E-state index >= 15 is 0 Å². The molecule has 2 aromatic carbocycles. The van der Waals surface area contributed by atoms with E-state index in [0.29, 0.717) is 24.0 Å². The van der Waals surface area contributed by atoms with Crippen LogP contribution in [0.5, 0.6) is 0 Å². The number of rotatable bonds is 5. The Morgan fingerprint density at radius 1 is 1.19 bits per heavy atom. The minimum atomic E-state index is -0.133. The summed E-state index contributed by atoms with van der Waals surface area (Å²) in [7, 11) is 1.79. The van der Waals surface area contributed by atoms with Crippen molar-refractivity contribution in [2.45, 2.75) is 33.4 Å². The molecule has 0 aliphatic heterocycles. The van der Waals surface area contributed by atoms with Crippen LogP contribution in [0.15, 0.2) is 52.0 Å². The number of carbonyl (C=O) groups excluding carboxylic acids is 1. The normalized spacial score (nSPS) is 11.0. The molecule has 0 unspecified atom stereocenters. The summed E-state index contributed by atoms with van der Waals surface area (Å²) in [6.45, 7) is 4.98. The summed E-state index contributed by atoms with van der Waals surface area (Å²) in [5, 5.41) is 0.544. The first-order valence-corrected chi connectivity index (χ1v) is 9.59. The Bertz CT molecular complexity index is 1060. The number of carbonyl (C=O) groups is 1. The first kappa shape index (κ1) is 19.3. The number of hydrogen-bond acceptors (Lipinski definition) is 3. The highest BCUT2D eigenvalue weighted by molar-refractivity contribution is 9.10. The van der Waals surface area contributed by atoms with Gasteiger partial charge in [0.1, 0.15) is 0 Å². The summed E-state index contributed by atoms with van der Waals surface area (Å²) in [5.74, 6) is -0.00351. The molecule has 3 aromatic rings. The maximum absolute atomic E-state index is 12.6. The molecule has 0 spiro atoms. The van der Waals surface area contributed by atoms with E-state index in [1.165, 1.54) is 22.0 Å². The van der Waals surface area contributed by atoms with E-state index in [1.54, 1.807) is 24.1 Å². The molecule has 1 aromatic heterocycles. The number of nitrogens with zero attached hydrogens (tertiary/aromatic N) is 3. The quantitative estimate of drug-likeness (QED) is 0.621. The van der Waals surface area contributed by atoms with Gasteiger partial charge in [-0.3, -0.25) is 14.2 Å². The van der Waals surface area contributed by atoms with Gasteiger partial charge in [-0.05, 0) is 43.2 Å². The summed E-state index contributed by atoms with van der Waals surface area (Å²) in [5.41, 5.74) is 4.03. The van der Waals surface area contributed by atoms with E-state index < -0.39 is 0 Å². The average Bonchev–Trinajstić information content (AvgIpc) is 2.63. The van der Waals surface area contributed by atoms with Crippen LogP contribution in [0, 0.1) is 13.8 Å². The fourth-order valence-electron chi connectivity index (χ4n) is 3.06. The third kappa shape index (κ3) is 4.45.